The first kappa shape index (κ1) is 25.6. The zero-order valence-corrected chi connectivity index (χ0v) is 20.5. The van der Waals surface area contributed by atoms with Crippen LogP contribution in [0.1, 0.15) is 27.4 Å². The molecule has 1 aliphatic rings. The molecule has 0 atom stereocenters. The Morgan fingerprint density at radius 1 is 1.17 bits per heavy atom. The Hall–Kier alpha value is -3.44. The smallest absolute Gasteiger partial charge is 0.349 e. The number of hydrogen-bond acceptors (Lipinski definition) is 7. The third-order valence-corrected chi connectivity index (χ3v) is 5.92. The fourth-order valence-corrected chi connectivity index (χ4v) is 4.02. The van der Waals surface area contributed by atoms with E-state index in [1.54, 1.807) is 18.3 Å². The molecule has 3 heterocycles. The minimum Gasteiger partial charge on any atom is -0.349 e. The van der Waals surface area contributed by atoms with E-state index in [1.807, 2.05) is 23.9 Å². The van der Waals surface area contributed by atoms with Gasteiger partial charge < -0.3 is 20.4 Å². The van der Waals surface area contributed by atoms with Crippen molar-refractivity contribution >= 4 is 34.8 Å². The zero-order valence-electron chi connectivity index (χ0n) is 19.7. The van der Waals surface area contributed by atoms with E-state index in [0.717, 1.165) is 17.7 Å². The summed E-state index contributed by atoms with van der Waals surface area (Å²) < 4.78 is 38.9. The highest BCUT2D eigenvalue weighted by Crippen LogP contribution is 2.33. The SMILES string of the molecule is CN(C)CCNC(=O)c1nc2c(c(Nc3ccc(C(F)(F)F)cc3)n1)CCN(c1ncccc1Cl)C2. The van der Waals surface area contributed by atoms with E-state index in [1.165, 1.54) is 12.1 Å². The molecule has 0 saturated carbocycles. The van der Waals surface area contributed by atoms with Crippen molar-refractivity contribution in [3.05, 3.63) is 70.3 Å². The van der Waals surface area contributed by atoms with Crippen molar-refractivity contribution in [2.24, 2.45) is 0 Å². The van der Waals surface area contributed by atoms with Gasteiger partial charge in [-0.1, -0.05) is 11.6 Å². The second kappa shape index (κ2) is 10.7. The molecule has 1 amide bonds. The summed E-state index contributed by atoms with van der Waals surface area (Å²) in [6.45, 7) is 1.96. The van der Waals surface area contributed by atoms with Gasteiger partial charge in [0.1, 0.15) is 11.6 Å². The molecule has 3 aromatic rings. The van der Waals surface area contributed by atoms with Crippen molar-refractivity contribution in [2.45, 2.75) is 19.1 Å². The number of rotatable bonds is 7. The van der Waals surface area contributed by atoms with Gasteiger partial charge in [-0.2, -0.15) is 13.2 Å². The minimum absolute atomic E-state index is 0.0316. The Bertz CT molecular complexity index is 1240. The van der Waals surface area contributed by atoms with Gasteiger partial charge in [0, 0.05) is 37.1 Å². The summed E-state index contributed by atoms with van der Waals surface area (Å²) in [5.41, 5.74) is 1.06. The van der Waals surface area contributed by atoms with Gasteiger partial charge in [-0.15, -0.1) is 0 Å². The lowest BCUT2D eigenvalue weighted by atomic mass is 10.0. The van der Waals surface area contributed by atoms with Crippen LogP contribution in [0.25, 0.3) is 0 Å². The van der Waals surface area contributed by atoms with Crippen molar-refractivity contribution in [3.8, 4) is 0 Å². The monoisotopic (exact) mass is 519 g/mol. The molecule has 1 aromatic carbocycles. The average molecular weight is 520 g/mol. The molecule has 0 aliphatic carbocycles. The fraction of sp³-hybridized carbons (Fsp3) is 0.333. The molecule has 2 aromatic heterocycles. The van der Waals surface area contributed by atoms with E-state index in [2.05, 4.69) is 25.6 Å². The number of nitrogens with one attached hydrogen (secondary N) is 2. The van der Waals surface area contributed by atoms with Crippen LogP contribution in [-0.2, 0) is 19.1 Å². The maximum Gasteiger partial charge on any atom is 0.416 e. The van der Waals surface area contributed by atoms with Crippen molar-refractivity contribution in [3.63, 3.8) is 0 Å². The molecule has 2 N–H and O–H groups in total. The van der Waals surface area contributed by atoms with Crippen LogP contribution in [0.15, 0.2) is 42.6 Å². The van der Waals surface area contributed by atoms with Crippen molar-refractivity contribution in [2.75, 3.05) is 43.9 Å². The molecule has 0 fully saturated rings. The summed E-state index contributed by atoms with van der Waals surface area (Å²) in [5, 5.41) is 6.38. The van der Waals surface area contributed by atoms with E-state index in [9.17, 15) is 18.0 Å². The average Bonchev–Trinajstić information content (AvgIpc) is 2.83. The Morgan fingerprint density at radius 2 is 1.92 bits per heavy atom. The number of halogens is 4. The van der Waals surface area contributed by atoms with Crippen LogP contribution in [0.4, 0.5) is 30.5 Å². The second-order valence-corrected chi connectivity index (χ2v) is 8.97. The molecule has 0 bridgehead atoms. The van der Waals surface area contributed by atoms with Crippen LogP contribution in [-0.4, -0.2) is 59.5 Å². The summed E-state index contributed by atoms with van der Waals surface area (Å²) in [6, 6.07) is 8.15. The van der Waals surface area contributed by atoms with Crippen LogP contribution >= 0.6 is 11.6 Å². The fourth-order valence-electron chi connectivity index (χ4n) is 3.78. The van der Waals surface area contributed by atoms with Gasteiger partial charge in [-0.3, -0.25) is 4.79 Å². The first-order chi connectivity index (χ1) is 17.1. The van der Waals surface area contributed by atoms with Crippen molar-refractivity contribution in [1.82, 2.24) is 25.2 Å². The molecule has 12 heteroatoms. The standard InChI is InChI=1S/C24H25ClF3N7O/c1-34(2)13-11-30-23(36)21-32-19-14-35(22-18(25)4-3-10-29-22)12-9-17(19)20(33-21)31-16-7-5-15(6-8-16)24(26,27)28/h3-8,10H,9,11-14H2,1-2H3,(H,30,36)(H,31,32,33). The van der Waals surface area contributed by atoms with E-state index in [4.69, 9.17) is 11.6 Å². The predicted molar refractivity (Wildman–Crippen MR) is 132 cm³/mol. The van der Waals surface area contributed by atoms with Gasteiger partial charge in [0.05, 0.1) is 22.8 Å². The highest BCUT2D eigenvalue weighted by Gasteiger charge is 2.30. The lowest BCUT2D eigenvalue weighted by molar-refractivity contribution is -0.137. The number of hydrogen-bond donors (Lipinski definition) is 2. The quantitative estimate of drug-likeness (QED) is 0.485. The van der Waals surface area contributed by atoms with Crippen molar-refractivity contribution < 1.29 is 18.0 Å². The van der Waals surface area contributed by atoms with Gasteiger partial charge in [-0.25, -0.2) is 15.0 Å². The number of pyridine rings is 1. The van der Waals surface area contributed by atoms with Crippen LogP contribution in [0.5, 0.6) is 0 Å². The molecule has 1 aliphatic heterocycles. The van der Waals surface area contributed by atoms with E-state index < -0.39 is 17.6 Å². The Morgan fingerprint density at radius 3 is 2.58 bits per heavy atom. The summed E-state index contributed by atoms with van der Waals surface area (Å²) in [5.74, 6) is 0.515. The third kappa shape index (κ3) is 6.03. The number of alkyl halides is 3. The summed E-state index contributed by atoms with van der Waals surface area (Å²) in [4.78, 5) is 30.0. The Kier molecular flexibility index (Phi) is 7.60. The number of fused-ring (bicyclic) bond motifs is 1. The molecule has 8 nitrogen and oxygen atoms in total. The molecule has 36 heavy (non-hydrogen) atoms. The minimum atomic E-state index is -4.43. The molecule has 0 spiro atoms. The van der Waals surface area contributed by atoms with E-state index in [-0.39, 0.29) is 5.82 Å². The lowest BCUT2D eigenvalue weighted by Crippen LogP contribution is -2.35. The second-order valence-electron chi connectivity index (χ2n) is 8.56. The van der Waals surface area contributed by atoms with Crippen LogP contribution in [0.3, 0.4) is 0 Å². The number of carbonyl (C=O) groups is 1. The summed E-state index contributed by atoms with van der Waals surface area (Å²) >= 11 is 6.34. The topological polar surface area (TPSA) is 86.3 Å². The number of carbonyl (C=O) groups excluding carboxylic acids is 1. The van der Waals surface area contributed by atoms with Gasteiger partial charge in [0.25, 0.3) is 5.91 Å². The van der Waals surface area contributed by atoms with Crippen molar-refractivity contribution in [1.29, 1.82) is 0 Å². The van der Waals surface area contributed by atoms with Gasteiger partial charge in [0.15, 0.2) is 0 Å². The zero-order chi connectivity index (χ0) is 25.9. The number of anilines is 3. The summed E-state index contributed by atoms with van der Waals surface area (Å²) in [6.07, 6.45) is -2.26. The number of nitrogens with zero attached hydrogens (tertiary/aromatic N) is 5. The Labute approximate surface area is 211 Å². The maximum absolute atomic E-state index is 13.0. The molecular weight excluding hydrogens is 495 g/mol. The van der Waals surface area contributed by atoms with Gasteiger partial charge in [-0.05, 0) is 56.9 Å². The first-order valence-corrected chi connectivity index (χ1v) is 11.6. The number of likely N-dealkylation sites (N-methyl/N-ethyl adjacent to an activating group) is 1. The predicted octanol–water partition coefficient (Wildman–Crippen LogP) is 4.14. The van der Waals surface area contributed by atoms with E-state index in [0.29, 0.717) is 60.6 Å². The van der Waals surface area contributed by atoms with Gasteiger partial charge >= 0.3 is 6.18 Å². The molecule has 0 saturated heterocycles. The lowest BCUT2D eigenvalue weighted by Gasteiger charge is -2.30. The number of amides is 1. The highest BCUT2D eigenvalue weighted by molar-refractivity contribution is 6.32. The highest BCUT2D eigenvalue weighted by atomic mass is 35.5. The molecule has 0 unspecified atom stereocenters. The molecule has 190 valence electrons. The third-order valence-electron chi connectivity index (χ3n) is 5.63. The molecule has 0 radical (unpaired) electrons. The largest absolute Gasteiger partial charge is 0.416 e. The normalized spacial score (nSPS) is 13.5. The Balaban J connectivity index is 1.65. The van der Waals surface area contributed by atoms with Crippen LogP contribution < -0.4 is 15.5 Å². The van der Waals surface area contributed by atoms with Crippen LogP contribution in [0.2, 0.25) is 5.02 Å². The summed E-state index contributed by atoms with van der Waals surface area (Å²) in [7, 11) is 3.79. The molecular formula is C24H25ClF3N7O. The van der Waals surface area contributed by atoms with E-state index >= 15 is 0 Å². The first-order valence-electron chi connectivity index (χ1n) is 11.2. The maximum atomic E-state index is 13.0. The number of aromatic nitrogens is 3. The number of benzene rings is 1. The van der Waals surface area contributed by atoms with Gasteiger partial charge in [0.2, 0.25) is 5.82 Å². The molecule has 4 rings (SSSR count). The van der Waals surface area contributed by atoms with Crippen LogP contribution in [0, 0.1) is 0 Å².